The van der Waals surface area contributed by atoms with Gasteiger partial charge in [0.1, 0.15) is 5.82 Å². The van der Waals surface area contributed by atoms with E-state index < -0.39 is 0 Å². The van der Waals surface area contributed by atoms with E-state index in [0.29, 0.717) is 25.2 Å². The quantitative estimate of drug-likeness (QED) is 0.848. The Morgan fingerprint density at radius 1 is 1.59 bits per heavy atom. The Morgan fingerprint density at radius 3 is 2.94 bits per heavy atom. The SMILES string of the molecule is CC1(CN)CCN(C(=O)c2cccc(F)c2)C1. The van der Waals surface area contributed by atoms with Crippen molar-refractivity contribution in [3.63, 3.8) is 0 Å². The van der Waals surface area contributed by atoms with E-state index in [-0.39, 0.29) is 17.1 Å². The molecular formula is C13H17FN2O. The lowest BCUT2D eigenvalue weighted by molar-refractivity contribution is 0.0776. The molecule has 0 aliphatic carbocycles. The van der Waals surface area contributed by atoms with Gasteiger partial charge in [0.05, 0.1) is 0 Å². The highest BCUT2D eigenvalue weighted by Crippen LogP contribution is 2.29. The molecule has 1 aromatic rings. The number of amides is 1. The summed E-state index contributed by atoms with van der Waals surface area (Å²) in [5.74, 6) is -0.488. The highest BCUT2D eigenvalue weighted by Gasteiger charge is 2.35. The second kappa shape index (κ2) is 4.45. The van der Waals surface area contributed by atoms with Gasteiger partial charge in [0, 0.05) is 18.7 Å². The van der Waals surface area contributed by atoms with Crippen LogP contribution < -0.4 is 5.73 Å². The van der Waals surface area contributed by atoms with Crippen LogP contribution in [-0.4, -0.2) is 30.4 Å². The fourth-order valence-electron chi connectivity index (χ4n) is 2.17. The number of likely N-dealkylation sites (tertiary alicyclic amines) is 1. The summed E-state index contributed by atoms with van der Waals surface area (Å²) in [6.07, 6.45) is 0.907. The third kappa shape index (κ3) is 2.47. The first kappa shape index (κ1) is 12.0. The van der Waals surface area contributed by atoms with Crippen LogP contribution in [0.25, 0.3) is 0 Å². The minimum atomic E-state index is -0.378. The molecule has 0 radical (unpaired) electrons. The molecule has 1 aromatic carbocycles. The van der Waals surface area contributed by atoms with E-state index in [9.17, 15) is 9.18 Å². The number of rotatable bonds is 2. The maximum absolute atomic E-state index is 13.0. The summed E-state index contributed by atoms with van der Waals surface area (Å²) in [5.41, 5.74) is 6.11. The normalized spacial score (nSPS) is 24.1. The number of carbonyl (C=O) groups excluding carboxylic acids is 1. The number of carbonyl (C=O) groups is 1. The van der Waals surface area contributed by atoms with Crippen LogP contribution in [0, 0.1) is 11.2 Å². The largest absolute Gasteiger partial charge is 0.338 e. The Labute approximate surface area is 100 Å². The average Bonchev–Trinajstić information content (AvgIpc) is 2.72. The monoisotopic (exact) mass is 236 g/mol. The first-order valence-electron chi connectivity index (χ1n) is 5.79. The molecule has 4 heteroatoms. The minimum absolute atomic E-state index is 0.00296. The van der Waals surface area contributed by atoms with Crippen LogP contribution in [0.2, 0.25) is 0 Å². The molecule has 1 saturated heterocycles. The van der Waals surface area contributed by atoms with Crippen molar-refractivity contribution < 1.29 is 9.18 Å². The number of hydrogen-bond acceptors (Lipinski definition) is 2. The Kier molecular flexibility index (Phi) is 3.15. The van der Waals surface area contributed by atoms with Crippen molar-refractivity contribution >= 4 is 5.91 Å². The van der Waals surface area contributed by atoms with Crippen LogP contribution in [0.1, 0.15) is 23.7 Å². The third-order valence-electron chi connectivity index (χ3n) is 3.41. The number of halogens is 1. The summed E-state index contributed by atoms with van der Waals surface area (Å²) < 4.78 is 13.0. The zero-order chi connectivity index (χ0) is 12.5. The van der Waals surface area contributed by atoms with Gasteiger partial charge in [-0.2, -0.15) is 0 Å². The molecule has 2 rings (SSSR count). The topological polar surface area (TPSA) is 46.3 Å². The molecule has 1 amide bonds. The van der Waals surface area contributed by atoms with Crippen LogP contribution in [0.5, 0.6) is 0 Å². The summed E-state index contributed by atoms with van der Waals surface area (Å²) in [7, 11) is 0. The molecular weight excluding hydrogens is 219 g/mol. The van der Waals surface area contributed by atoms with Crippen LogP contribution in [0.3, 0.4) is 0 Å². The van der Waals surface area contributed by atoms with Gasteiger partial charge < -0.3 is 10.6 Å². The number of nitrogens with zero attached hydrogens (tertiary/aromatic N) is 1. The molecule has 1 heterocycles. The van der Waals surface area contributed by atoms with Gasteiger partial charge in [-0.25, -0.2) is 4.39 Å². The molecule has 1 aliphatic heterocycles. The molecule has 2 N–H and O–H groups in total. The van der Waals surface area contributed by atoms with Crippen molar-refractivity contribution in [2.24, 2.45) is 11.1 Å². The van der Waals surface area contributed by atoms with Crippen molar-refractivity contribution in [1.82, 2.24) is 4.90 Å². The minimum Gasteiger partial charge on any atom is -0.338 e. The molecule has 3 nitrogen and oxygen atoms in total. The van der Waals surface area contributed by atoms with E-state index in [1.165, 1.54) is 12.1 Å². The van der Waals surface area contributed by atoms with Gasteiger partial charge in [0.2, 0.25) is 0 Å². The predicted molar refractivity (Wildman–Crippen MR) is 64.1 cm³/mol. The van der Waals surface area contributed by atoms with E-state index >= 15 is 0 Å². The average molecular weight is 236 g/mol. The van der Waals surface area contributed by atoms with Gasteiger partial charge in [-0.05, 0) is 36.6 Å². The van der Waals surface area contributed by atoms with Gasteiger partial charge >= 0.3 is 0 Å². The Balaban J connectivity index is 2.12. The lowest BCUT2D eigenvalue weighted by Gasteiger charge is -2.22. The second-order valence-corrected chi connectivity index (χ2v) is 5.00. The fourth-order valence-corrected chi connectivity index (χ4v) is 2.17. The second-order valence-electron chi connectivity index (χ2n) is 5.00. The molecule has 1 aliphatic rings. The molecule has 1 fully saturated rings. The molecule has 1 atom stereocenters. The van der Waals surface area contributed by atoms with E-state index in [2.05, 4.69) is 6.92 Å². The molecule has 0 bridgehead atoms. The molecule has 0 aromatic heterocycles. The summed E-state index contributed by atoms with van der Waals surface area (Å²) in [6.45, 7) is 3.99. The lowest BCUT2D eigenvalue weighted by Crippen LogP contribution is -2.34. The Bertz CT molecular complexity index is 435. The van der Waals surface area contributed by atoms with Gasteiger partial charge in [0.25, 0.3) is 5.91 Å². The fraction of sp³-hybridized carbons (Fsp3) is 0.462. The number of nitrogens with two attached hydrogens (primary N) is 1. The van der Waals surface area contributed by atoms with Crippen LogP contribution in [-0.2, 0) is 0 Å². The molecule has 92 valence electrons. The molecule has 0 spiro atoms. The van der Waals surface area contributed by atoms with Crippen LogP contribution in [0.4, 0.5) is 4.39 Å². The van der Waals surface area contributed by atoms with Crippen molar-refractivity contribution in [3.05, 3.63) is 35.6 Å². The summed E-state index contributed by atoms with van der Waals surface area (Å²) >= 11 is 0. The van der Waals surface area contributed by atoms with Gasteiger partial charge in [-0.15, -0.1) is 0 Å². The zero-order valence-electron chi connectivity index (χ0n) is 9.95. The van der Waals surface area contributed by atoms with Crippen molar-refractivity contribution in [1.29, 1.82) is 0 Å². The van der Waals surface area contributed by atoms with Gasteiger partial charge in [-0.3, -0.25) is 4.79 Å². The summed E-state index contributed by atoms with van der Waals surface area (Å²) in [4.78, 5) is 13.9. The number of hydrogen-bond donors (Lipinski definition) is 1. The Morgan fingerprint density at radius 2 is 2.35 bits per heavy atom. The van der Waals surface area contributed by atoms with E-state index in [0.717, 1.165) is 6.42 Å². The lowest BCUT2D eigenvalue weighted by atomic mass is 9.90. The highest BCUT2D eigenvalue weighted by molar-refractivity contribution is 5.94. The summed E-state index contributed by atoms with van der Waals surface area (Å²) in [6, 6.07) is 5.81. The first-order chi connectivity index (χ1) is 8.04. The summed E-state index contributed by atoms with van der Waals surface area (Å²) in [5, 5.41) is 0. The zero-order valence-corrected chi connectivity index (χ0v) is 9.95. The smallest absolute Gasteiger partial charge is 0.253 e. The van der Waals surface area contributed by atoms with E-state index in [4.69, 9.17) is 5.73 Å². The third-order valence-corrected chi connectivity index (χ3v) is 3.41. The van der Waals surface area contributed by atoms with Crippen molar-refractivity contribution in [2.75, 3.05) is 19.6 Å². The number of benzene rings is 1. The van der Waals surface area contributed by atoms with Gasteiger partial charge in [0.15, 0.2) is 0 Å². The predicted octanol–water partition coefficient (Wildman–Crippen LogP) is 1.64. The molecule has 1 unspecified atom stereocenters. The van der Waals surface area contributed by atoms with Crippen molar-refractivity contribution in [3.8, 4) is 0 Å². The van der Waals surface area contributed by atoms with Crippen LogP contribution in [0.15, 0.2) is 24.3 Å². The van der Waals surface area contributed by atoms with Crippen molar-refractivity contribution in [2.45, 2.75) is 13.3 Å². The molecule has 17 heavy (non-hydrogen) atoms. The van der Waals surface area contributed by atoms with E-state index in [1.807, 2.05) is 0 Å². The first-order valence-corrected chi connectivity index (χ1v) is 5.79. The maximum Gasteiger partial charge on any atom is 0.253 e. The van der Waals surface area contributed by atoms with Crippen LogP contribution >= 0.6 is 0 Å². The highest BCUT2D eigenvalue weighted by atomic mass is 19.1. The Hall–Kier alpha value is -1.42. The maximum atomic E-state index is 13.0. The van der Waals surface area contributed by atoms with Gasteiger partial charge in [-0.1, -0.05) is 13.0 Å². The standard InChI is InChI=1S/C13H17FN2O/c1-13(8-15)5-6-16(9-13)12(17)10-3-2-4-11(14)7-10/h2-4,7H,5-6,8-9,15H2,1H3. The molecule has 0 saturated carbocycles. The van der Waals surface area contributed by atoms with E-state index in [1.54, 1.807) is 17.0 Å².